The Morgan fingerprint density at radius 2 is 1.83 bits per heavy atom. The highest BCUT2D eigenvalue weighted by Gasteiger charge is 2.16. The lowest BCUT2D eigenvalue weighted by atomic mass is 10.2. The predicted molar refractivity (Wildman–Crippen MR) is 93.0 cm³/mol. The highest BCUT2D eigenvalue weighted by molar-refractivity contribution is 6.06. The van der Waals surface area contributed by atoms with E-state index < -0.39 is 0 Å². The maximum absolute atomic E-state index is 12.7. The van der Waals surface area contributed by atoms with Crippen LogP contribution in [0.3, 0.4) is 0 Å². The molecule has 0 aliphatic carbocycles. The molecule has 0 spiro atoms. The third-order valence-corrected chi connectivity index (χ3v) is 4.23. The van der Waals surface area contributed by atoms with Crippen LogP contribution in [0.15, 0.2) is 42.5 Å². The van der Waals surface area contributed by atoms with Gasteiger partial charge in [0.05, 0.1) is 0 Å². The number of carbonyl (C=O) groups excluding carboxylic acids is 1. The molecule has 0 atom stereocenters. The molecule has 0 unspecified atom stereocenters. The van der Waals surface area contributed by atoms with Crippen molar-refractivity contribution in [3.05, 3.63) is 53.7 Å². The minimum Gasteiger partial charge on any atom is -0.486 e. The number of hydrogen-bond acceptors (Lipinski definition) is 3. The second-order valence-electron chi connectivity index (χ2n) is 5.96. The van der Waals surface area contributed by atoms with Gasteiger partial charge in [-0.25, -0.2) is 0 Å². The molecule has 1 aliphatic rings. The summed E-state index contributed by atoms with van der Waals surface area (Å²) in [6, 6.07) is 13.5. The van der Waals surface area contributed by atoms with E-state index in [4.69, 9.17) is 9.47 Å². The summed E-state index contributed by atoms with van der Waals surface area (Å²) in [7, 11) is 1.90. The Bertz CT molecular complexity index is 943. The number of ether oxygens (including phenoxy) is 2. The summed E-state index contributed by atoms with van der Waals surface area (Å²) < 4.78 is 13.0. The van der Waals surface area contributed by atoms with Crippen molar-refractivity contribution in [2.45, 2.75) is 6.92 Å². The Labute approximate surface area is 139 Å². The third kappa shape index (κ3) is 2.48. The fourth-order valence-electron chi connectivity index (χ4n) is 3.00. The van der Waals surface area contributed by atoms with Crippen LogP contribution in [-0.4, -0.2) is 23.7 Å². The van der Waals surface area contributed by atoms with Crippen molar-refractivity contribution >= 4 is 22.5 Å². The van der Waals surface area contributed by atoms with Crippen molar-refractivity contribution < 1.29 is 14.3 Å². The van der Waals surface area contributed by atoms with E-state index >= 15 is 0 Å². The summed E-state index contributed by atoms with van der Waals surface area (Å²) in [6.45, 7) is 3.11. The van der Waals surface area contributed by atoms with E-state index in [1.54, 1.807) is 6.07 Å². The van der Waals surface area contributed by atoms with Crippen molar-refractivity contribution in [3.63, 3.8) is 0 Å². The van der Waals surface area contributed by atoms with E-state index in [2.05, 4.69) is 11.4 Å². The molecule has 5 heteroatoms. The molecule has 1 aliphatic heterocycles. The van der Waals surface area contributed by atoms with E-state index in [1.165, 1.54) is 5.56 Å². The average Bonchev–Trinajstić information content (AvgIpc) is 2.91. The number of carbonyl (C=O) groups is 1. The monoisotopic (exact) mass is 322 g/mol. The number of hydrogen-bond donors (Lipinski definition) is 1. The second kappa shape index (κ2) is 5.60. The molecule has 2 heterocycles. The first kappa shape index (κ1) is 14.6. The van der Waals surface area contributed by atoms with Crippen LogP contribution in [-0.2, 0) is 7.05 Å². The molecule has 1 aromatic heterocycles. The SMILES string of the molecule is Cc1ccc2c(c1)cc(C(=O)Nc1ccc3c(c1)OCCO3)n2C. The first-order valence-electron chi connectivity index (χ1n) is 7.89. The summed E-state index contributed by atoms with van der Waals surface area (Å²) in [5, 5.41) is 3.99. The molecule has 1 amide bonds. The average molecular weight is 322 g/mol. The largest absolute Gasteiger partial charge is 0.486 e. The van der Waals surface area contributed by atoms with E-state index in [9.17, 15) is 4.79 Å². The Hall–Kier alpha value is -2.95. The van der Waals surface area contributed by atoms with E-state index in [-0.39, 0.29) is 5.91 Å². The maximum atomic E-state index is 12.7. The summed E-state index contributed by atoms with van der Waals surface area (Å²) in [6.07, 6.45) is 0. The third-order valence-electron chi connectivity index (χ3n) is 4.23. The van der Waals surface area contributed by atoms with Crippen molar-refractivity contribution in [2.75, 3.05) is 18.5 Å². The van der Waals surface area contributed by atoms with Gasteiger partial charge in [-0.05, 0) is 37.3 Å². The molecular formula is C19H18N2O3. The number of rotatable bonds is 2. The Kier molecular flexibility index (Phi) is 3.41. The topological polar surface area (TPSA) is 52.5 Å². The first-order valence-corrected chi connectivity index (χ1v) is 7.89. The highest BCUT2D eigenvalue weighted by atomic mass is 16.6. The molecule has 0 saturated carbocycles. The van der Waals surface area contributed by atoms with Crippen LogP contribution in [0.2, 0.25) is 0 Å². The van der Waals surface area contributed by atoms with Gasteiger partial charge in [0.15, 0.2) is 11.5 Å². The van der Waals surface area contributed by atoms with Gasteiger partial charge in [-0.2, -0.15) is 0 Å². The van der Waals surface area contributed by atoms with Crippen LogP contribution in [0.25, 0.3) is 10.9 Å². The first-order chi connectivity index (χ1) is 11.6. The van der Waals surface area contributed by atoms with E-state index in [1.807, 2.05) is 48.9 Å². The van der Waals surface area contributed by atoms with Gasteiger partial charge in [0, 0.05) is 29.7 Å². The standard InChI is InChI=1S/C19H18N2O3/c1-12-3-5-15-13(9-12)10-16(21(15)2)19(22)20-14-4-6-17-18(11-14)24-8-7-23-17/h3-6,9-11H,7-8H2,1-2H3,(H,20,22). The lowest BCUT2D eigenvalue weighted by Gasteiger charge is -2.19. The normalized spacial score (nSPS) is 13.1. The maximum Gasteiger partial charge on any atom is 0.272 e. The number of anilines is 1. The summed E-state index contributed by atoms with van der Waals surface area (Å²) in [5.74, 6) is 1.22. The lowest BCUT2D eigenvalue weighted by molar-refractivity contribution is 0.101. The Morgan fingerprint density at radius 3 is 2.67 bits per heavy atom. The molecule has 0 bridgehead atoms. The molecular weight excluding hydrogens is 304 g/mol. The molecule has 0 radical (unpaired) electrons. The fourth-order valence-corrected chi connectivity index (χ4v) is 3.00. The minimum absolute atomic E-state index is 0.150. The van der Waals surface area contributed by atoms with Gasteiger partial charge in [-0.3, -0.25) is 4.79 Å². The number of benzene rings is 2. The molecule has 4 rings (SSSR count). The molecule has 0 saturated heterocycles. The highest BCUT2D eigenvalue weighted by Crippen LogP contribution is 2.32. The molecule has 0 fully saturated rings. The van der Waals surface area contributed by atoms with Crippen molar-refractivity contribution in [2.24, 2.45) is 7.05 Å². The van der Waals surface area contributed by atoms with Gasteiger partial charge in [0.2, 0.25) is 0 Å². The molecule has 122 valence electrons. The number of nitrogens with one attached hydrogen (secondary N) is 1. The lowest BCUT2D eigenvalue weighted by Crippen LogP contribution is -2.17. The predicted octanol–water partition coefficient (Wildman–Crippen LogP) is 3.51. The number of nitrogens with zero attached hydrogens (tertiary/aromatic N) is 1. The fraction of sp³-hybridized carbons (Fsp3) is 0.211. The van der Waals surface area contributed by atoms with Crippen LogP contribution >= 0.6 is 0 Å². The van der Waals surface area contributed by atoms with Crippen molar-refractivity contribution in [1.29, 1.82) is 0 Å². The smallest absolute Gasteiger partial charge is 0.272 e. The van der Waals surface area contributed by atoms with Gasteiger partial charge < -0.3 is 19.4 Å². The number of fused-ring (bicyclic) bond motifs is 2. The second-order valence-corrected chi connectivity index (χ2v) is 5.96. The molecule has 5 nitrogen and oxygen atoms in total. The van der Waals surface area contributed by atoms with Gasteiger partial charge in [0.1, 0.15) is 18.9 Å². The van der Waals surface area contributed by atoms with Crippen molar-refractivity contribution in [1.82, 2.24) is 4.57 Å². The van der Waals surface area contributed by atoms with Crippen LogP contribution in [0.5, 0.6) is 11.5 Å². The van der Waals surface area contributed by atoms with Crippen LogP contribution in [0.1, 0.15) is 16.1 Å². The van der Waals surface area contributed by atoms with E-state index in [0.29, 0.717) is 36.1 Å². The van der Waals surface area contributed by atoms with Crippen molar-refractivity contribution in [3.8, 4) is 11.5 Å². The van der Waals surface area contributed by atoms with Crippen LogP contribution in [0, 0.1) is 6.92 Å². The minimum atomic E-state index is -0.150. The number of amides is 1. The molecule has 3 aromatic rings. The molecule has 1 N–H and O–H groups in total. The van der Waals surface area contributed by atoms with Gasteiger partial charge in [0.25, 0.3) is 5.91 Å². The quantitative estimate of drug-likeness (QED) is 0.785. The zero-order valence-corrected chi connectivity index (χ0v) is 13.6. The number of aryl methyl sites for hydroxylation is 2. The summed E-state index contributed by atoms with van der Waals surface area (Å²) in [5.41, 5.74) is 3.51. The Balaban J connectivity index is 1.63. The van der Waals surface area contributed by atoms with Crippen LogP contribution < -0.4 is 14.8 Å². The van der Waals surface area contributed by atoms with Gasteiger partial charge >= 0.3 is 0 Å². The van der Waals surface area contributed by atoms with Crippen LogP contribution in [0.4, 0.5) is 5.69 Å². The number of aromatic nitrogens is 1. The van der Waals surface area contributed by atoms with E-state index in [0.717, 1.165) is 10.9 Å². The molecule has 24 heavy (non-hydrogen) atoms. The zero-order chi connectivity index (χ0) is 16.7. The summed E-state index contributed by atoms with van der Waals surface area (Å²) in [4.78, 5) is 12.7. The molecule has 2 aromatic carbocycles. The van der Waals surface area contributed by atoms with Gasteiger partial charge in [-0.15, -0.1) is 0 Å². The Morgan fingerprint density at radius 1 is 1.04 bits per heavy atom. The zero-order valence-electron chi connectivity index (χ0n) is 13.6. The van der Waals surface area contributed by atoms with Gasteiger partial charge in [-0.1, -0.05) is 11.6 Å². The summed E-state index contributed by atoms with van der Waals surface area (Å²) >= 11 is 0.